The molecule has 0 spiro atoms. The van der Waals surface area contributed by atoms with Crippen molar-refractivity contribution < 1.29 is 30.9 Å². The molecule has 0 saturated carbocycles. The highest BCUT2D eigenvalue weighted by Gasteiger charge is 2.32. The number of aromatic nitrogens is 2. The number of nitrogens with zero attached hydrogens (tertiary/aromatic N) is 5. The van der Waals surface area contributed by atoms with Gasteiger partial charge in [-0.25, -0.2) is 17.8 Å². The molecule has 1 aliphatic rings. The molecule has 1 aliphatic heterocycles. The quantitative estimate of drug-likeness (QED) is 0.119. The van der Waals surface area contributed by atoms with Crippen LogP contribution in [0.5, 0.6) is 0 Å². The molecule has 1 saturated heterocycles. The number of hydrogen-bond acceptors (Lipinski definition) is 6. The van der Waals surface area contributed by atoms with Gasteiger partial charge < -0.3 is 4.40 Å². The molecule has 6 rings (SSSR count). The zero-order valence-electron chi connectivity index (χ0n) is 23.5. The van der Waals surface area contributed by atoms with Crippen molar-refractivity contribution in [3.05, 3.63) is 118 Å². The average molecular weight is 640 g/mol. The Morgan fingerprint density at radius 2 is 1.53 bits per heavy atom. The van der Waals surface area contributed by atoms with Gasteiger partial charge in [0.25, 0.3) is 5.69 Å². The standard InChI is InChI=1S/C31H25F4N5O4S/c32-25-10-7-21(8-11-25)30-28(39-19-23(9-12-29(39)36-30)22-3-1-4-24(17-22)31(33,34)35)20-37-13-15-38(16-14-37)45(43,44)27-6-2-5-26(18-27)40(41)42/h1-12,17-19H,13-16,20H2. The number of hydrogen-bond donors (Lipinski definition) is 0. The van der Waals surface area contributed by atoms with E-state index in [0.29, 0.717) is 53.4 Å². The summed E-state index contributed by atoms with van der Waals surface area (Å²) in [5.74, 6) is -0.419. The summed E-state index contributed by atoms with van der Waals surface area (Å²) in [4.78, 5) is 17.1. The Bertz CT molecular complexity index is 2010. The lowest BCUT2D eigenvalue weighted by Crippen LogP contribution is -2.48. The van der Waals surface area contributed by atoms with Crippen molar-refractivity contribution in [3.8, 4) is 22.4 Å². The molecule has 2 aromatic heterocycles. The van der Waals surface area contributed by atoms with Crippen LogP contribution in [0.2, 0.25) is 0 Å². The Morgan fingerprint density at radius 3 is 2.22 bits per heavy atom. The number of sulfonamides is 1. The smallest absolute Gasteiger partial charge is 0.301 e. The Balaban J connectivity index is 1.31. The predicted molar refractivity (Wildman–Crippen MR) is 158 cm³/mol. The molecule has 0 atom stereocenters. The van der Waals surface area contributed by atoms with E-state index < -0.39 is 32.5 Å². The van der Waals surface area contributed by atoms with Crippen LogP contribution >= 0.6 is 0 Å². The SMILES string of the molecule is O=[N+]([O-])c1cccc(S(=O)(=O)N2CCN(Cc3c(-c4ccc(F)cc4)nc4ccc(-c5cccc(C(F)(F)F)c5)cn34)CC2)c1. The third-order valence-corrected chi connectivity index (χ3v) is 9.62. The van der Waals surface area contributed by atoms with E-state index in [1.807, 2.05) is 4.90 Å². The fraction of sp³-hybridized carbons (Fsp3) is 0.194. The van der Waals surface area contributed by atoms with Gasteiger partial charge in [-0.2, -0.15) is 17.5 Å². The summed E-state index contributed by atoms with van der Waals surface area (Å²) in [6.07, 6.45) is -2.79. The van der Waals surface area contributed by atoms with E-state index in [0.717, 1.165) is 18.2 Å². The molecular formula is C31H25F4N5O4S. The van der Waals surface area contributed by atoms with Crippen LogP contribution in [0.3, 0.4) is 0 Å². The molecule has 3 aromatic carbocycles. The number of alkyl halides is 3. The molecule has 5 aromatic rings. The number of halogens is 4. The molecule has 0 unspecified atom stereocenters. The van der Waals surface area contributed by atoms with Gasteiger partial charge in [0.1, 0.15) is 11.5 Å². The molecule has 0 bridgehead atoms. The number of pyridine rings is 1. The second-order valence-electron chi connectivity index (χ2n) is 10.6. The summed E-state index contributed by atoms with van der Waals surface area (Å²) in [5, 5.41) is 11.2. The fourth-order valence-electron chi connectivity index (χ4n) is 5.38. The molecule has 232 valence electrons. The lowest BCUT2D eigenvalue weighted by atomic mass is 10.0. The maximum atomic E-state index is 13.8. The fourth-order valence-corrected chi connectivity index (χ4v) is 6.84. The van der Waals surface area contributed by atoms with Gasteiger partial charge in [0, 0.05) is 56.6 Å². The molecule has 45 heavy (non-hydrogen) atoms. The van der Waals surface area contributed by atoms with E-state index in [-0.39, 0.29) is 23.7 Å². The van der Waals surface area contributed by atoms with Gasteiger partial charge in [-0.05, 0) is 65.7 Å². The summed E-state index contributed by atoms with van der Waals surface area (Å²) in [7, 11) is -3.97. The second-order valence-corrected chi connectivity index (χ2v) is 12.5. The third-order valence-electron chi connectivity index (χ3n) is 7.73. The van der Waals surface area contributed by atoms with Gasteiger partial charge in [-0.1, -0.05) is 18.2 Å². The number of benzene rings is 3. The normalized spacial score (nSPS) is 15.0. The minimum absolute atomic E-state index is 0.128. The Morgan fingerprint density at radius 1 is 0.844 bits per heavy atom. The Kier molecular flexibility index (Phi) is 7.89. The van der Waals surface area contributed by atoms with Crippen LogP contribution in [0, 0.1) is 15.9 Å². The van der Waals surface area contributed by atoms with Crippen molar-refractivity contribution in [1.82, 2.24) is 18.6 Å². The van der Waals surface area contributed by atoms with E-state index in [9.17, 15) is 36.1 Å². The number of piperazine rings is 1. The second kappa shape index (κ2) is 11.7. The maximum Gasteiger partial charge on any atom is 0.416 e. The van der Waals surface area contributed by atoms with Crippen molar-refractivity contribution in [1.29, 1.82) is 0 Å². The maximum absolute atomic E-state index is 13.8. The highest BCUT2D eigenvalue weighted by Crippen LogP contribution is 2.34. The van der Waals surface area contributed by atoms with Gasteiger partial charge in [-0.15, -0.1) is 0 Å². The number of fused-ring (bicyclic) bond motifs is 1. The molecule has 9 nitrogen and oxygen atoms in total. The number of non-ortho nitro benzene ring substituents is 1. The monoisotopic (exact) mass is 639 g/mol. The lowest BCUT2D eigenvalue weighted by molar-refractivity contribution is -0.385. The average Bonchev–Trinajstić information content (AvgIpc) is 3.38. The lowest BCUT2D eigenvalue weighted by Gasteiger charge is -2.34. The largest absolute Gasteiger partial charge is 0.416 e. The van der Waals surface area contributed by atoms with Crippen LogP contribution in [0.25, 0.3) is 28.0 Å². The summed E-state index contributed by atoms with van der Waals surface area (Å²) < 4.78 is 83.6. The molecule has 0 N–H and O–H groups in total. The highest BCUT2D eigenvalue weighted by atomic mass is 32.2. The number of rotatable bonds is 7. The highest BCUT2D eigenvalue weighted by molar-refractivity contribution is 7.89. The molecule has 1 fully saturated rings. The van der Waals surface area contributed by atoms with Crippen LogP contribution in [0.1, 0.15) is 11.3 Å². The predicted octanol–water partition coefficient (Wildman–Crippen LogP) is 6.24. The van der Waals surface area contributed by atoms with E-state index in [4.69, 9.17) is 4.98 Å². The van der Waals surface area contributed by atoms with E-state index in [2.05, 4.69) is 0 Å². The molecule has 0 radical (unpaired) electrons. The summed E-state index contributed by atoms with van der Waals surface area (Å²) in [6, 6.07) is 19.2. The van der Waals surface area contributed by atoms with Crippen molar-refractivity contribution in [2.75, 3.05) is 26.2 Å². The van der Waals surface area contributed by atoms with Crippen LogP contribution < -0.4 is 0 Å². The van der Waals surface area contributed by atoms with E-state index >= 15 is 0 Å². The van der Waals surface area contributed by atoms with Crippen LogP contribution in [-0.2, 0) is 22.7 Å². The van der Waals surface area contributed by atoms with Crippen LogP contribution in [-0.4, -0.2) is 58.1 Å². The third kappa shape index (κ3) is 6.16. The minimum Gasteiger partial charge on any atom is -0.301 e. The van der Waals surface area contributed by atoms with Crippen LogP contribution in [0.15, 0.2) is 96.0 Å². The number of nitro benzene ring substituents is 1. The first kappa shape index (κ1) is 30.4. The first-order valence-electron chi connectivity index (χ1n) is 13.8. The zero-order chi connectivity index (χ0) is 31.9. The summed E-state index contributed by atoms with van der Waals surface area (Å²) in [5.41, 5.74) is 2.24. The molecule has 14 heteroatoms. The van der Waals surface area contributed by atoms with Crippen LogP contribution in [0.4, 0.5) is 23.2 Å². The van der Waals surface area contributed by atoms with Gasteiger partial charge in [0.2, 0.25) is 10.0 Å². The first-order chi connectivity index (χ1) is 21.4. The Labute approximate surface area is 255 Å². The topological polar surface area (TPSA) is 101 Å². The van der Waals surface area contributed by atoms with Gasteiger partial charge >= 0.3 is 6.18 Å². The first-order valence-corrected chi connectivity index (χ1v) is 15.3. The molecule has 0 aliphatic carbocycles. The van der Waals surface area contributed by atoms with Gasteiger partial charge in [0.05, 0.1) is 26.8 Å². The minimum atomic E-state index is -4.50. The molecule has 0 amide bonds. The van der Waals surface area contributed by atoms with Gasteiger partial charge in [0.15, 0.2) is 0 Å². The number of nitro groups is 1. The summed E-state index contributed by atoms with van der Waals surface area (Å²) >= 11 is 0. The molecular weight excluding hydrogens is 614 g/mol. The summed E-state index contributed by atoms with van der Waals surface area (Å²) in [6.45, 7) is 1.23. The van der Waals surface area contributed by atoms with Crippen molar-refractivity contribution in [3.63, 3.8) is 0 Å². The Hall–Kier alpha value is -4.66. The van der Waals surface area contributed by atoms with Crippen molar-refractivity contribution in [2.45, 2.75) is 17.6 Å². The number of imidazole rings is 1. The zero-order valence-corrected chi connectivity index (χ0v) is 24.3. The van der Waals surface area contributed by atoms with Crippen molar-refractivity contribution in [2.24, 2.45) is 0 Å². The van der Waals surface area contributed by atoms with Gasteiger partial charge in [-0.3, -0.25) is 15.0 Å². The van der Waals surface area contributed by atoms with Crippen molar-refractivity contribution >= 4 is 21.4 Å². The molecule has 3 heterocycles. The van der Waals surface area contributed by atoms with E-state index in [1.165, 1.54) is 40.7 Å². The van der Waals surface area contributed by atoms with E-state index in [1.54, 1.807) is 40.9 Å².